The first-order valence-electron chi connectivity index (χ1n) is 6.21. The second-order valence-corrected chi connectivity index (χ2v) is 4.49. The Bertz CT molecular complexity index is 407. The number of carbonyl (C=O) groups is 1. The first-order valence-corrected chi connectivity index (χ1v) is 6.21. The molecular formula is C14H19F2NO. The molecule has 0 aromatic heterocycles. The van der Waals surface area contributed by atoms with Crippen LogP contribution in [0.2, 0.25) is 0 Å². The van der Waals surface area contributed by atoms with Crippen LogP contribution in [-0.4, -0.2) is 30.8 Å². The number of benzene rings is 1. The van der Waals surface area contributed by atoms with Crippen LogP contribution in [0.5, 0.6) is 0 Å². The molecular weight excluding hydrogens is 236 g/mol. The van der Waals surface area contributed by atoms with E-state index in [0.29, 0.717) is 0 Å². The number of ketones is 1. The number of halogens is 2. The van der Waals surface area contributed by atoms with Gasteiger partial charge < -0.3 is 0 Å². The van der Waals surface area contributed by atoms with Crippen LogP contribution in [0.4, 0.5) is 8.78 Å². The van der Waals surface area contributed by atoms with Gasteiger partial charge in [0.25, 0.3) is 0 Å². The van der Waals surface area contributed by atoms with Gasteiger partial charge in [-0.3, -0.25) is 9.69 Å². The van der Waals surface area contributed by atoms with Gasteiger partial charge in [0.05, 0.1) is 12.1 Å². The van der Waals surface area contributed by atoms with Crippen LogP contribution in [0.3, 0.4) is 0 Å². The van der Waals surface area contributed by atoms with Crippen LogP contribution in [0, 0.1) is 11.6 Å². The molecule has 100 valence electrons. The Balaban J connectivity index is 2.54. The number of Topliss-reactive ketones (excluding diaryl/α,β-unsaturated/α-hetero) is 1. The van der Waals surface area contributed by atoms with Crippen molar-refractivity contribution in [2.45, 2.75) is 26.2 Å². The molecule has 0 saturated heterocycles. The summed E-state index contributed by atoms with van der Waals surface area (Å²) in [7, 11) is 1.83. The Morgan fingerprint density at radius 1 is 1.28 bits per heavy atom. The molecule has 0 unspecified atom stereocenters. The fourth-order valence-corrected chi connectivity index (χ4v) is 1.76. The summed E-state index contributed by atoms with van der Waals surface area (Å²) < 4.78 is 26.1. The fraction of sp³-hybridized carbons (Fsp3) is 0.500. The largest absolute Gasteiger partial charge is 0.299 e. The van der Waals surface area contributed by atoms with Crippen LogP contribution in [0.25, 0.3) is 0 Å². The van der Waals surface area contributed by atoms with Gasteiger partial charge in [0.15, 0.2) is 5.78 Å². The van der Waals surface area contributed by atoms with E-state index in [-0.39, 0.29) is 17.9 Å². The van der Waals surface area contributed by atoms with Crippen LogP contribution < -0.4 is 0 Å². The Hall–Kier alpha value is -1.29. The monoisotopic (exact) mass is 255 g/mol. The number of hydrogen-bond acceptors (Lipinski definition) is 2. The lowest BCUT2D eigenvalue weighted by Crippen LogP contribution is -2.27. The van der Waals surface area contributed by atoms with Gasteiger partial charge in [0, 0.05) is 6.07 Å². The van der Waals surface area contributed by atoms with Gasteiger partial charge in [0.2, 0.25) is 0 Å². The van der Waals surface area contributed by atoms with Crippen molar-refractivity contribution >= 4 is 5.78 Å². The number of likely N-dealkylation sites (N-methyl/N-ethyl adjacent to an activating group) is 1. The Kier molecular flexibility index (Phi) is 5.92. The highest BCUT2D eigenvalue weighted by Crippen LogP contribution is 2.11. The molecule has 2 nitrogen and oxygen atoms in total. The van der Waals surface area contributed by atoms with Gasteiger partial charge in [-0.2, -0.15) is 0 Å². The average Bonchev–Trinajstić information content (AvgIpc) is 2.28. The number of carbonyl (C=O) groups excluding carboxylic acids is 1. The lowest BCUT2D eigenvalue weighted by Gasteiger charge is -2.15. The minimum atomic E-state index is -0.790. The zero-order chi connectivity index (χ0) is 13.5. The topological polar surface area (TPSA) is 20.3 Å². The van der Waals surface area contributed by atoms with Crippen molar-refractivity contribution in [3.8, 4) is 0 Å². The van der Waals surface area contributed by atoms with E-state index in [0.717, 1.165) is 37.9 Å². The van der Waals surface area contributed by atoms with E-state index >= 15 is 0 Å². The summed E-state index contributed by atoms with van der Waals surface area (Å²) in [4.78, 5) is 13.7. The molecule has 0 aliphatic heterocycles. The van der Waals surface area contributed by atoms with Crippen molar-refractivity contribution in [3.05, 3.63) is 35.4 Å². The van der Waals surface area contributed by atoms with E-state index in [4.69, 9.17) is 0 Å². The number of unbranched alkanes of at least 4 members (excludes halogenated alkanes) is 2. The van der Waals surface area contributed by atoms with Crippen molar-refractivity contribution in [2.24, 2.45) is 0 Å². The molecule has 0 spiro atoms. The van der Waals surface area contributed by atoms with Crippen LogP contribution in [0.15, 0.2) is 18.2 Å². The molecule has 4 heteroatoms. The van der Waals surface area contributed by atoms with Crippen molar-refractivity contribution in [3.63, 3.8) is 0 Å². The Morgan fingerprint density at radius 2 is 2.00 bits per heavy atom. The maximum atomic E-state index is 13.4. The highest BCUT2D eigenvalue weighted by Gasteiger charge is 2.14. The van der Waals surface area contributed by atoms with Crippen LogP contribution >= 0.6 is 0 Å². The van der Waals surface area contributed by atoms with E-state index in [9.17, 15) is 13.6 Å². The zero-order valence-electron chi connectivity index (χ0n) is 10.9. The van der Waals surface area contributed by atoms with E-state index in [2.05, 4.69) is 6.92 Å². The smallest absolute Gasteiger partial charge is 0.179 e. The number of rotatable bonds is 7. The third-order valence-corrected chi connectivity index (χ3v) is 2.79. The normalized spacial score (nSPS) is 10.9. The van der Waals surface area contributed by atoms with E-state index in [1.54, 1.807) is 0 Å². The minimum absolute atomic E-state index is 0.0428. The molecule has 0 amide bonds. The van der Waals surface area contributed by atoms with E-state index in [1.165, 1.54) is 6.07 Å². The van der Waals surface area contributed by atoms with E-state index in [1.807, 2.05) is 11.9 Å². The van der Waals surface area contributed by atoms with Crippen molar-refractivity contribution in [1.29, 1.82) is 0 Å². The zero-order valence-corrected chi connectivity index (χ0v) is 10.9. The molecule has 0 atom stereocenters. The summed E-state index contributed by atoms with van der Waals surface area (Å²) in [5, 5.41) is 0. The summed E-state index contributed by atoms with van der Waals surface area (Å²) in [5.41, 5.74) is -0.0428. The van der Waals surface area contributed by atoms with E-state index < -0.39 is 11.6 Å². The third kappa shape index (κ3) is 4.53. The van der Waals surface area contributed by atoms with Crippen molar-refractivity contribution < 1.29 is 13.6 Å². The summed E-state index contributed by atoms with van der Waals surface area (Å²) in [6, 6.07) is 3.05. The predicted molar refractivity (Wildman–Crippen MR) is 67.7 cm³/mol. The van der Waals surface area contributed by atoms with Gasteiger partial charge >= 0.3 is 0 Å². The lowest BCUT2D eigenvalue weighted by molar-refractivity contribution is 0.0941. The quantitative estimate of drug-likeness (QED) is 0.550. The molecule has 1 aromatic rings. The second-order valence-electron chi connectivity index (χ2n) is 4.49. The SMILES string of the molecule is CCCCCN(C)CC(=O)c1ccc(F)cc1F. The molecule has 0 bridgehead atoms. The summed E-state index contributed by atoms with van der Waals surface area (Å²) >= 11 is 0. The lowest BCUT2D eigenvalue weighted by atomic mass is 10.1. The average molecular weight is 255 g/mol. The van der Waals surface area contributed by atoms with Crippen LogP contribution in [-0.2, 0) is 0 Å². The molecule has 1 aromatic carbocycles. The molecule has 0 aliphatic rings. The van der Waals surface area contributed by atoms with Crippen molar-refractivity contribution in [1.82, 2.24) is 4.90 Å². The van der Waals surface area contributed by atoms with Crippen molar-refractivity contribution in [2.75, 3.05) is 20.1 Å². The standard InChI is InChI=1S/C14H19F2NO/c1-3-4-5-8-17(2)10-14(18)12-7-6-11(15)9-13(12)16/h6-7,9H,3-5,8,10H2,1-2H3. The molecule has 0 heterocycles. The minimum Gasteiger partial charge on any atom is -0.299 e. The molecule has 1 rings (SSSR count). The Morgan fingerprint density at radius 3 is 2.61 bits per heavy atom. The fourth-order valence-electron chi connectivity index (χ4n) is 1.76. The molecule has 0 fully saturated rings. The maximum absolute atomic E-state index is 13.4. The third-order valence-electron chi connectivity index (χ3n) is 2.79. The van der Waals surface area contributed by atoms with Crippen LogP contribution in [0.1, 0.15) is 36.5 Å². The highest BCUT2D eigenvalue weighted by atomic mass is 19.1. The molecule has 0 saturated carbocycles. The van der Waals surface area contributed by atoms with Gasteiger partial charge in [-0.15, -0.1) is 0 Å². The molecule has 0 aliphatic carbocycles. The van der Waals surface area contributed by atoms with Gasteiger partial charge in [0.1, 0.15) is 11.6 Å². The Labute approximate surface area is 107 Å². The first-order chi connectivity index (χ1) is 8.54. The molecule has 0 N–H and O–H groups in total. The highest BCUT2D eigenvalue weighted by molar-refractivity contribution is 5.97. The van der Waals surface area contributed by atoms with Gasteiger partial charge in [-0.05, 0) is 32.1 Å². The molecule has 18 heavy (non-hydrogen) atoms. The van der Waals surface area contributed by atoms with Gasteiger partial charge in [-0.25, -0.2) is 8.78 Å². The second kappa shape index (κ2) is 7.21. The summed E-state index contributed by atoms with van der Waals surface area (Å²) in [5.74, 6) is -1.77. The van der Waals surface area contributed by atoms with Gasteiger partial charge in [-0.1, -0.05) is 19.8 Å². The first kappa shape index (κ1) is 14.8. The maximum Gasteiger partial charge on any atom is 0.179 e. The predicted octanol–water partition coefficient (Wildman–Crippen LogP) is 3.27. The number of nitrogens with zero attached hydrogens (tertiary/aromatic N) is 1. The number of hydrogen-bond donors (Lipinski definition) is 0. The molecule has 0 radical (unpaired) electrons. The summed E-state index contributed by atoms with van der Waals surface area (Å²) in [6.07, 6.45) is 3.25. The summed E-state index contributed by atoms with van der Waals surface area (Å²) in [6.45, 7) is 3.08.